The van der Waals surface area contributed by atoms with Crippen LogP contribution in [0.25, 0.3) is 0 Å². The van der Waals surface area contributed by atoms with Gasteiger partial charge in [0.2, 0.25) is 0 Å². The number of hydrogen-bond donors (Lipinski definition) is 1. The van der Waals surface area contributed by atoms with Gasteiger partial charge in [-0.2, -0.15) is 0 Å². The molecule has 0 spiro atoms. The number of rotatable bonds is 2. The van der Waals surface area contributed by atoms with E-state index in [0.29, 0.717) is 0 Å². The topological polar surface area (TPSA) is 56.7 Å². The molecule has 1 aromatic rings. The summed E-state index contributed by atoms with van der Waals surface area (Å²) in [5.41, 5.74) is 6.24. The zero-order valence-corrected chi connectivity index (χ0v) is 10.5. The molecule has 0 unspecified atom stereocenters. The Bertz CT molecular complexity index is 361. The molecule has 90 valence electrons. The van der Waals surface area contributed by atoms with Crippen LogP contribution in [0, 0.1) is 12.8 Å². The summed E-state index contributed by atoms with van der Waals surface area (Å²) in [5, 5.41) is 8.36. The van der Waals surface area contributed by atoms with Crippen molar-refractivity contribution < 1.29 is 0 Å². The van der Waals surface area contributed by atoms with Crippen molar-refractivity contribution in [1.29, 1.82) is 0 Å². The molecule has 1 aliphatic carbocycles. The summed E-state index contributed by atoms with van der Waals surface area (Å²) < 4.78 is 2.03. The number of nitrogens with zero attached hydrogens (tertiary/aromatic N) is 3. The van der Waals surface area contributed by atoms with Crippen molar-refractivity contribution in [3.05, 3.63) is 11.6 Å². The van der Waals surface area contributed by atoms with E-state index in [4.69, 9.17) is 5.73 Å². The van der Waals surface area contributed by atoms with Gasteiger partial charge in [-0.25, -0.2) is 0 Å². The minimum absolute atomic E-state index is 0.248. The zero-order chi connectivity index (χ0) is 11.8. The summed E-state index contributed by atoms with van der Waals surface area (Å²) in [5.74, 6) is 2.75. The molecular weight excluding hydrogens is 200 g/mol. The fraction of sp³-hybridized carbons (Fsp3) is 0.833. The van der Waals surface area contributed by atoms with Crippen LogP contribution in [-0.2, 0) is 12.6 Å². The molecule has 0 amide bonds. The van der Waals surface area contributed by atoms with Gasteiger partial charge >= 0.3 is 0 Å². The van der Waals surface area contributed by atoms with Crippen LogP contribution >= 0.6 is 0 Å². The standard InChI is InChI=1S/C12H22N4/c1-4-10-5-7-12(13,8-6-10)11-15-14-9(2)16(11)3/h10H,4-8,13H2,1-3H3. The van der Waals surface area contributed by atoms with Crippen LogP contribution in [0.4, 0.5) is 0 Å². The van der Waals surface area contributed by atoms with Crippen molar-refractivity contribution in [3.8, 4) is 0 Å². The van der Waals surface area contributed by atoms with Crippen molar-refractivity contribution in [3.63, 3.8) is 0 Å². The van der Waals surface area contributed by atoms with E-state index in [9.17, 15) is 0 Å². The van der Waals surface area contributed by atoms with Gasteiger partial charge in [-0.1, -0.05) is 13.3 Å². The average Bonchev–Trinajstić information content (AvgIpc) is 2.61. The molecule has 0 bridgehead atoms. The molecule has 2 N–H and O–H groups in total. The fourth-order valence-corrected chi connectivity index (χ4v) is 2.67. The Kier molecular flexibility index (Phi) is 3.02. The van der Waals surface area contributed by atoms with Crippen molar-refractivity contribution in [2.45, 2.75) is 51.5 Å². The Morgan fingerprint density at radius 1 is 1.38 bits per heavy atom. The van der Waals surface area contributed by atoms with E-state index in [1.54, 1.807) is 0 Å². The van der Waals surface area contributed by atoms with Gasteiger partial charge < -0.3 is 10.3 Å². The fourth-order valence-electron chi connectivity index (χ4n) is 2.67. The normalized spacial score (nSPS) is 30.6. The molecule has 2 rings (SSSR count). The Labute approximate surface area is 97.2 Å². The molecule has 0 aromatic carbocycles. The van der Waals surface area contributed by atoms with E-state index in [1.807, 2.05) is 18.5 Å². The first-order chi connectivity index (χ1) is 7.57. The molecule has 16 heavy (non-hydrogen) atoms. The third kappa shape index (κ3) is 1.86. The minimum Gasteiger partial charge on any atom is -0.319 e. The lowest BCUT2D eigenvalue weighted by Gasteiger charge is -2.35. The molecule has 0 aliphatic heterocycles. The number of aromatic nitrogens is 3. The summed E-state index contributed by atoms with van der Waals surface area (Å²) >= 11 is 0. The highest BCUT2D eigenvalue weighted by molar-refractivity contribution is 5.09. The highest BCUT2D eigenvalue weighted by Crippen LogP contribution is 2.37. The van der Waals surface area contributed by atoms with Crippen LogP contribution in [0.2, 0.25) is 0 Å². The first kappa shape index (κ1) is 11.6. The largest absolute Gasteiger partial charge is 0.319 e. The summed E-state index contributed by atoms with van der Waals surface area (Å²) in [4.78, 5) is 0. The van der Waals surface area contributed by atoms with Crippen LogP contribution in [0.5, 0.6) is 0 Å². The molecular formula is C12H22N4. The predicted molar refractivity (Wildman–Crippen MR) is 63.9 cm³/mol. The SMILES string of the molecule is CCC1CCC(N)(c2nnc(C)n2C)CC1. The maximum Gasteiger partial charge on any atom is 0.152 e. The first-order valence-corrected chi connectivity index (χ1v) is 6.22. The van der Waals surface area contributed by atoms with Crippen molar-refractivity contribution >= 4 is 0 Å². The van der Waals surface area contributed by atoms with Crippen LogP contribution in [0.3, 0.4) is 0 Å². The highest BCUT2D eigenvalue weighted by atomic mass is 15.3. The van der Waals surface area contributed by atoms with Crippen LogP contribution < -0.4 is 5.73 Å². The second-order valence-electron chi connectivity index (χ2n) is 5.14. The van der Waals surface area contributed by atoms with Crippen molar-refractivity contribution in [2.75, 3.05) is 0 Å². The maximum absolute atomic E-state index is 6.49. The van der Waals surface area contributed by atoms with E-state index in [-0.39, 0.29) is 5.54 Å². The molecule has 1 fully saturated rings. The minimum atomic E-state index is -0.248. The summed E-state index contributed by atoms with van der Waals surface area (Å²) in [6, 6.07) is 0. The molecule has 4 nitrogen and oxygen atoms in total. The summed E-state index contributed by atoms with van der Waals surface area (Å²) in [6.07, 6.45) is 5.79. The second kappa shape index (κ2) is 4.17. The van der Waals surface area contributed by atoms with E-state index in [2.05, 4.69) is 17.1 Å². The van der Waals surface area contributed by atoms with E-state index in [0.717, 1.165) is 30.4 Å². The van der Waals surface area contributed by atoms with Gasteiger partial charge in [0.15, 0.2) is 5.82 Å². The first-order valence-electron chi connectivity index (χ1n) is 6.22. The summed E-state index contributed by atoms with van der Waals surface area (Å²) in [6.45, 7) is 4.23. The highest BCUT2D eigenvalue weighted by Gasteiger charge is 2.36. The maximum atomic E-state index is 6.49. The molecule has 1 heterocycles. The van der Waals surface area contributed by atoms with Crippen LogP contribution in [-0.4, -0.2) is 14.8 Å². The molecule has 1 aliphatic rings. The van der Waals surface area contributed by atoms with Gasteiger partial charge in [-0.15, -0.1) is 10.2 Å². The third-order valence-electron chi connectivity index (χ3n) is 4.11. The number of hydrogen-bond acceptors (Lipinski definition) is 3. The van der Waals surface area contributed by atoms with Crippen LogP contribution in [0.1, 0.15) is 50.7 Å². The average molecular weight is 222 g/mol. The van der Waals surface area contributed by atoms with Gasteiger partial charge in [-0.05, 0) is 38.5 Å². The molecule has 0 atom stereocenters. The van der Waals surface area contributed by atoms with Crippen molar-refractivity contribution in [1.82, 2.24) is 14.8 Å². The van der Waals surface area contributed by atoms with E-state index >= 15 is 0 Å². The number of aryl methyl sites for hydroxylation is 1. The van der Waals surface area contributed by atoms with E-state index < -0.39 is 0 Å². The van der Waals surface area contributed by atoms with Gasteiger partial charge in [-0.3, -0.25) is 0 Å². The Balaban J connectivity index is 2.18. The van der Waals surface area contributed by atoms with Gasteiger partial charge in [0, 0.05) is 7.05 Å². The smallest absolute Gasteiger partial charge is 0.152 e. The Hall–Kier alpha value is -0.900. The molecule has 1 saturated carbocycles. The van der Waals surface area contributed by atoms with Crippen LogP contribution in [0.15, 0.2) is 0 Å². The van der Waals surface area contributed by atoms with Gasteiger partial charge in [0.05, 0.1) is 5.54 Å². The lowest BCUT2D eigenvalue weighted by atomic mass is 9.76. The lowest BCUT2D eigenvalue weighted by molar-refractivity contribution is 0.218. The molecule has 0 radical (unpaired) electrons. The van der Waals surface area contributed by atoms with Gasteiger partial charge in [0.25, 0.3) is 0 Å². The quantitative estimate of drug-likeness (QED) is 0.831. The zero-order valence-electron chi connectivity index (χ0n) is 10.5. The molecule has 1 aromatic heterocycles. The van der Waals surface area contributed by atoms with Gasteiger partial charge in [0.1, 0.15) is 5.82 Å². The predicted octanol–water partition coefficient (Wildman–Crippen LogP) is 1.88. The summed E-state index contributed by atoms with van der Waals surface area (Å²) in [7, 11) is 2.01. The monoisotopic (exact) mass is 222 g/mol. The number of nitrogens with two attached hydrogens (primary N) is 1. The Morgan fingerprint density at radius 2 is 2.00 bits per heavy atom. The van der Waals surface area contributed by atoms with Crippen molar-refractivity contribution in [2.24, 2.45) is 18.7 Å². The lowest BCUT2D eigenvalue weighted by Crippen LogP contribution is -2.42. The second-order valence-corrected chi connectivity index (χ2v) is 5.14. The van der Waals surface area contributed by atoms with E-state index in [1.165, 1.54) is 19.3 Å². The third-order valence-corrected chi connectivity index (χ3v) is 4.11. The Morgan fingerprint density at radius 3 is 2.44 bits per heavy atom. The molecule has 4 heteroatoms. The molecule has 0 saturated heterocycles.